The first-order valence-electron chi connectivity index (χ1n) is 9.29. The van der Waals surface area contributed by atoms with Gasteiger partial charge in [-0.2, -0.15) is 13.2 Å². The predicted octanol–water partition coefficient (Wildman–Crippen LogP) is 5.15. The number of benzene rings is 2. The SMILES string of the molecule is COc1cccc(-c2cc(C(F)(F)F)c3c(=O)[nH]c(=S)n(-c4ccccc4OC)c3n2)c1. The molecule has 0 saturated carbocycles. The maximum atomic E-state index is 14.1. The number of alkyl halides is 3. The van der Waals surface area contributed by atoms with Crippen LogP contribution in [0.1, 0.15) is 5.56 Å². The lowest BCUT2D eigenvalue weighted by Crippen LogP contribution is -2.20. The quantitative estimate of drug-likeness (QED) is 0.428. The fourth-order valence-electron chi connectivity index (χ4n) is 3.42. The molecule has 0 aliphatic carbocycles. The molecule has 2 aromatic carbocycles. The van der Waals surface area contributed by atoms with Crippen LogP contribution in [-0.2, 0) is 6.18 Å². The number of pyridine rings is 1. The molecule has 0 spiro atoms. The minimum absolute atomic E-state index is 0.00683. The van der Waals surface area contributed by atoms with Crippen LogP contribution in [0.3, 0.4) is 0 Å². The summed E-state index contributed by atoms with van der Waals surface area (Å²) >= 11 is 5.30. The molecule has 4 aromatic rings. The molecule has 2 aromatic heterocycles. The molecule has 0 amide bonds. The standard InChI is InChI=1S/C22H16F3N3O3S/c1-30-13-7-5-6-12(10-13)15-11-14(22(23,24)25)18-19(26-15)28(21(32)27-20(18)29)16-8-3-4-9-17(16)31-2/h3-11H,1-2H3,(H,27,29,32). The summed E-state index contributed by atoms with van der Waals surface area (Å²) in [5, 5.41) is -0.622. The van der Waals surface area contributed by atoms with Gasteiger partial charge in [0.25, 0.3) is 5.56 Å². The Hall–Kier alpha value is -3.66. The van der Waals surface area contributed by atoms with E-state index in [9.17, 15) is 18.0 Å². The smallest absolute Gasteiger partial charge is 0.417 e. The van der Waals surface area contributed by atoms with Crippen molar-refractivity contribution < 1.29 is 22.6 Å². The number of para-hydroxylation sites is 2. The third-order valence-corrected chi connectivity index (χ3v) is 5.14. The second-order valence-corrected chi connectivity index (χ2v) is 7.14. The van der Waals surface area contributed by atoms with E-state index in [1.165, 1.54) is 18.8 Å². The molecule has 0 saturated heterocycles. The molecule has 0 unspecified atom stereocenters. The molecule has 0 aliphatic rings. The van der Waals surface area contributed by atoms with Crippen molar-refractivity contribution >= 4 is 23.3 Å². The second-order valence-electron chi connectivity index (χ2n) is 6.75. The van der Waals surface area contributed by atoms with Gasteiger partial charge in [-0.3, -0.25) is 14.3 Å². The predicted molar refractivity (Wildman–Crippen MR) is 116 cm³/mol. The number of halogens is 3. The molecule has 1 N–H and O–H groups in total. The van der Waals surface area contributed by atoms with Gasteiger partial charge >= 0.3 is 6.18 Å². The molecule has 10 heteroatoms. The number of nitrogens with zero attached hydrogens (tertiary/aromatic N) is 2. The van der Waals surface area contributed by atoms with Crippen molar-refractivity contribution in [2.45, 2.75) is 6.18 Å². The Balaban J connectivity index is 2.19. The lowest BCUT2D eigenvalue weighted by molar-refractivity contribution is -0.136. The highest BCUT2D eigenvalue weighted by Gasteiger charge is 2.36. The molecule has 4 rings (SSSR count). The maximum Gasteiger partial charge on any atom is 0.417 e. The van der Waals surface area contributed by atoms with E-state index < -0.39 is 22.7 Å². The van der Waals surface area contributed by atoms with E-state index in [1.54, 1.807) is 48.5 Å². The van der Waals surface area contributed by atoms with Gasteiger partial charge in [-0.1, -0.05) is 24.3 Å². The van der Waals surface area contributed by atoms with Gasteiger partial charge in [0.2, 0.25) is 0 Å². The number of ether oxygens (including phenoxy) is 2. The molecular formula is C22H16F3N3O3S. The van der Waals surface area contributed by atoms with Crippen LogP contribution < -0.4 is 15.0 Å². The largest absolute Gasteiger partial charge is 0.497 e. The van der Waals surface area contributed by atoms with E-state index in [0.29, 0.717) is 22.7 Å². The van der Waals surface area contributed by atoms with Crippen LogP contribution in [0.5, 0.6) is 11.5 Å². The number of fused-ring (bicyclic) bond motifs is 1. The van der Waals surface area contributed by atoms with Gasteiger partial charge in [-0.25, -0.2) is 4.98 Å². The van der Waals surface area contributed by atoms with Gasteiger partial charge in [0.05, 0.1) is 36.6 Å². The Labute approximate surface area is 184 Å². The fraction of sp³-hybridized carbons (Fsp3) is 0.136. The van der Waals surface area contributed by atoms with Crippen molar-refractivity contribution in [1.29, 1.82) is 0 Å². The number of nitrogens with one attached hydrogen (secondary N) is 1. The van der Waals surface area contributed by atoms with E-state index in [1.807, 2.05) is 0 Å². The highest BCUT2D eigenvalue weighted by atomic mass is 32.1. The minimum atomic E-state index is -4.82. The number of H-pyrrole nitrogens is 1. The van der Waals surface area contributed by atoms with Crippen LogP contribution in [-0.4, -0.2) is 28.8 Å². The molecule has 0 radical (unpaired) electrons. The summed E-state index contributed by atoms with van der Waals surface area (Å²) in [6.07, 6.45) is -4.82. The molecule has 0 atom stereocenters. The Morgan fingerprint density at radius 1 is 1.03 bits per heavy atom. The zero-order valence-electron chi connectivity index (χ0n) is 16.9. The van der Waals surface area contributed by atoms with E-state index in [2.05, 4.69) is 9.97 Å². The number of methoxy groups -OCH3 is 2. The van der Waals surface area contributed by atoms with Gasteiger partial charge < -0.3 is 9.47 Å². The molecule has 2 heterocycles. The zero-order valence-corrected chi connectivity index (χ0v) is 17.7. The number of hydrogen-bond donors (Lipinski definition) is 1. The van der Waals surface area contributed by atoms with Crippen molar-refractivity contribution in [3.05, 3.63) is 75.3 Å². The van der Waals surface area contributed by atoms with Gasteiger partial charge in [0.15, 0.2) is 10.4 Å². The van der Waals surface area contributed by atoms with E-state index >= 15 is 0 Å². The highest BCUT2D eigenvalue weighted by molar-refractivity contribution is 7.71. The topological polar surface area (TPSA) is 69.1 Å². The Kier molecular flexibility index (Phi) is 5.47. The van der Waals surface area contributed by atoms with E-state index in [-0.39, 0.29) is 16.1 Å². The molecular weight excluding hydrogens is 443 g/mol. The highest BCUT2D eigenvalue weighted by Crippen LogP contribution is 2.37. The van der Waals surface area contributed by atoms with Crippen LogP contribution in [0.15, 0.2) is 59.4 Å². The Bertz CT molecular complexity index is 1440. The second kappa shape index (κ2) is 8.12. The summed E-state index contributed by atoms with van der Waals surface area (Å²) in [4.78, 5) is 19.4. The van der Waals surface area contributed by atoms with Crippen molar-refractivity contribution in [2.75, 3.05) is 14.2 Å². The van der Waals surface area contributed by atoms with Crippen molar-refractivity contribution in [3.63, 3.8) is 0 Å². The van der Waals surface area contributed by atoms with Gasteiger partial charge in [-0.15, -0.1) is 0 Å². The number of aromatic nitrogens is 3. The van der Waals surface area contributed by atoms with Crippen LogP contribution in [0.25, 0.3) is 28.0 Å². The molecule has 32 heavy (non-hydrogen) atoms. The first-order chi connectivity index (χ1) is 15.2. The third-order valence-electron chi connectivity index (χ3n) is 4.86. The summed E-state index contributed by atoms with van der Waals surface area (Å²) in [5.41, 5.74) is -1.61. The van der Waals surface area contributed by atoms with E-state index in [0.717, 1.165) is 6.07 Å². The van der Waals surface area contributed by atoms with Crippen LogP contribution in [0, 0.1) is 4.77 Å². The average Bonchev–Trinajstić information content (AvgIpc) is 2.78. The first kappa shape index (κ1) is 21.6. The van der Waals surface area contributed by atoms with Gasteiger partial charge in [-0.05, 0) is 42.5 Å². The monoisotopic (exact) mass is 459 g/mol. The van der Waals surface area contributed by atoms with Crippen LogP contribution >= 0.6 is 12.2 Å². The first-order valence-corrected chi connectivity index (χ1v) is 9.70. The van der Waals surface area contributed by atoms with Crippen LogP contribution in [0.2, 0.25) is 0 Å². The van der Waals surface area contributed by atoms with Crippen LogP contribution in [0.4, 0.5) is 13.2 Å². The number of rotatable bonds is 4. The molecule has 0 fully saturated rings. The maximum absolute atomic E-state index is 14.1. The van der Waals surface area contributed by atoms with Crippen molar-refractivity contribution in [2.24, 2.45) is 0 Å². The van der Waals surface area contributed by atoms with Gasteiger partial charge in [0.1, 0.15) is 11.5 Å². The molecule has 164 valence electrons. The molecule has 0 aliphatic heterocycles. The number of aromatic amines is 1. The van der Waals surface area contributed by atoms with Crippen molar-refractivity contribution in [1.82, 2.24) is 14.5 Å². The lowest BCUT2D eigenvalue weighted by Gasteiger charge is -2.17. The fourth-order valence-corrected chi connectivity index (χ4v) is 3.70. The summed E-state index contributed by atoms with van der Waals surface area (Å²) in [7, 11) is 2.87. The molecule has 0 bridgehead atoms. The summed E-state index contributed by atoms with van der Waals surface area (Å²) in [6.45, 7) is 0. The molecule has 6 nitrogen and oxygen atoms in total. The third kappa shape index (κ3) is 3.73. The van der Waals surface area contributed by atoms with Gasteiger partial charge in [0, 0.05) is 5.56 Å². The summed E-state index contributed by atoms with van der Waals surface area (Å²) < 4.78 is 53.8. The zero-order chi connectivity index (χ0) is 23.0. The Morgan fingerprint density at radius 3 is 2.47 bits per heavy atom. The Morgan fingerprint density at radius 2 is 1.78 bits per heavy atom. The van der Waals surface area contributed by atoms with Crippen molar-refractivity contribution in [3.8, 4) is 28.4 Å². The normalized spacial score (nSPS) is 11.5. The summed E-state index contributed by atoms with van der Waals surface area (Å²) in [6, 6.07) is 13.9. The lowest BCUT2D eigenvalue weighted by atomic mass is 10.1. The summed E-state index contributed by atoms with van der Waals surface area (Å²) in [5.74, 6) is 0.796. The number of hydrogen-bond acceptors (Lipinski definition) is 5. The minimum Gasteiger partial charge on any atom is -0.497 e. The average molecular weight is 459 g/mol. The van der Waals surface area contributed by atoms with E-state index in [4.69, 9.17) is 21.7 Å².